The number of sulfonamides is 1. The first-order valence-electron chi connectivity index (χ1n) is 15.0. The summed E-state index contributed by atoms with van der Waals surface area (Å²) in [4.78, 5) is 29.9. The maximum absolute atomic E-state index is 14.6. The summed E-state index contributed by atoms with van der Waals surface area (Å²) in [6.07, 6.45) is 0.987. The van der Waals surface area contributed by atoms with E-state index in [1.165, 1.54) is 17.0 Å². The molecule has 1 atom stereocenters. The second kappa shape index (κ2) is 15.2. The molecule has 7 nitrogen and oxygen atoms in total. The van der Waals surface area contributed by atoms with Crippen LogP contribution in [0.25, 0.3) is 0 Å². The molecule has 236 valence electrons. The number of hydrogen-bond donors (Lipinski definition) is 1. The summed E-state index contributed by atoms with van der Waals surface area (Å²) >= 11 is 6.36. The molecule has 1 N–H and O–H groups in total. The van der Waals surface area contributed by atoms with Crippen molar-refractivity contribution in [3.63, 3.8) is 0 Å². The second-order valence-electron chi connectivity index (χ2n) is 11.2. The molecule has 1 unspecified atom stereocenters. The van der Waals surface area contributed by atoms with Gasteiger partial charge in [0.2, 0.25) is 11.8 Å². The Bertz CT molecular complexity index is 1730. The van der Waals surface area contributed by atoms with Crippen molar-refractivity contribution in [2.24, 2.45) is 0 Å². The SMILES string of the molecule is CCCNC(=O)C(Cc1ccccc1)N(Cc1ccccc1C)C(=O)CN(c1cc(Cl)ccc1C)S(=O)(=O)c1ccc(C)cc1. The van der Waals surface area contributed by atoms with Gasteiger partial charge in [-0.15, -0.1) is 0 Å². The van der Waals surface area contributed by atoms with Crippen LogP contribution in [0.15, 0.2) is 102 Å². The fraction of sp³-hybridized carbons (Fsp3) is 0.278. The van der Waals surface area contributed by atoms with Gasteiger partial charge in [-0.1, -0.05) is 96.9 Å². The lowest BCUT2D eigenvalue weighted by atomic mass is 10.0. The number of amides is 2. The van der Waals surface area contributed by atoms with E-state index in [0.717, 1.165) is 33.0 Å². The maximum Gasteiger partial charge on any atom is 0.264 e. The quantitative estimate of drug-likeness (QED) is 0.177. The molecular weight excluding hydrogens is 606 g/mol. The van der Waals surface area contributed by atoms with E-state index in [2.05, 4.69) is 5.32 Å². The van der Waals surface area contributed by atoms with Crippen LogP contribution in [-0.4, -0.2) is 44.3 Å². The molecule has 0 aliphatic carbocycles. The number of nitrogens with one attached hydrogen (secondary N) is 1. The number of carbonyl (C=O) groups is 2. The highest BCUT2D eigenvalue weighted by atomic mass is 35.5. The van der Waals surface area contributed by atoms with E-state index >= 15 is 0 Å². The van der Waals surface area contributed by atoms with Crippen molar-refractivity contribution in [1.29, 1.82) is 0 Å². The molecule has 0 saturated carbocycles. The zero-order valence-electron chi connectivity index (χ0n) is 26.2. The van der Waals surface area contributed by atoms with Crippen LogP contribution in [0.4, 0.5) is 5.69 Å². The molecule has 0 fully saturated rings. The van der Waals surface area contributed by atoms with Gasteiger partial charge in [-0.05, 0) is 73.7 Å². The molecule has 45 heavy (non-hydrogen) atoms. The Hall–Kier alpha value is -4.14. The molecule has 0 aromatic heterocycles. The third kappa shape index (κ3) is 8.53. The monoisotopic (exact) mass is 645 g/mol. The number of carbonyl (C=O) groups excluding carboxylic acids is 2. The van der Waals surface area contributed by atoms with Gasteiger partial charge < -0.3 is 10.2 Å². The Morgan fingerprint density at radius 2 is 1.51 bits per heavy atom. The van der Waals surface area contributed by atoms with Crippen molar-refractivity contribution in [3.8, 4) is 0 Å². The highest BCUT2D eigenvalue weighted by Crippen LogP contribution is 2.30. The predicted molar refractivity (Wildman–Crippen MR) is 181 cm³/mol. The molecule has 0 bridgehead atoms. The van der Waals surface area contributed by atoms with Crippen LogP contribution in [0.3, 0.4) is 0 Å². The minimum Gasteiger partial charge on any atom is -0.354 e. The average molecular weight is 646 g/mol. The van der Waals surface area contributed by atoms with Crippen LogP contribution < -0.4 is 9.62 Å². The summed E-state index contributed by atoms with van der Waals surface area (Å²) in [7, 11) is -4.21. The predicted octanol–water partition coefficient (Wildman–Crippen LogP) is 6.63. The number of halogens is 1. The van der Waals surface area contributed by atoms with Crippen molar-refractivity contribution in [1.82, 2.24) is 10.2 Å². The number of hydrogen-bond acceptors (Lipinski definition) is 4. The van der Waals surface area contributed by atoms with Crippen LogP contribution in [0.5, 0.6) is 0 Å². The molecule has 2 amide bonds. The third-order valence-electron chi connectivity index (χ3n) is 7.75. The first-order chi connectivity index (χ1) is 21.5. The van der Waals surface area contributed by atoms with E-state index in [1.54, 1.807) is 37.3 Å². The largest absolute Gasteiger partial charge is 0.354 e. The van der Waals surface area contributed by atoms with Gasteiger partial charge in [-0.25, -0.2) is 8.42 Å². The lowest BCUT2D eigenvalue weighted by molar-refractivity contribution is -0.140. The molecule has 0 aliphatic rings. The molecule has 4 aromatic rings. The Balaban J connectivity index is 1.83. The number of benzene rings is 4. The molecule has 0 saturated heterocycles. The normalized spacial score (nSPS) is 11.9. The van der Waals surface area contributed by atoms with Crippen LogP contribution in [0.2, 0.25) is 5.02 Å². The van der Waals surface area contributed by atoms with Gasteiger partial charge >= 0.3 is 0 Å². The van der Waals surface area contributed by atoms with E-state index in [-0.39, 0.29) is 23.8 Å². The molecule has 0 aliphatic heterocycles. The molecule has 0 spiro atoms. The minimum absolute atomic E-state index is 0.0484. The minimum atomic E-state index is -4.21. The van der Waals surface area contributed by atoms with Crippen LogP contribution in [0.1, 0.15) is 41.2 Å². The lowest BCUT2D eigenvalue weighted by Gasteiger charge is -2.34. The van der Waals surface area contributed by atoms with E-state index in [9.17, 15) is 18.0 Å². The van der Waals surface area contributed by atoms with Gasteiger partial charge in [0.1, 0.15) is 12.6 Å². The van der Waals surface area contributed by atoms with Crippen molar-refractivity contribution in [2.45, 2.75) is 58.0 Å². The molecule has 4 aromatic carbocycles. The zero-order chi connectivity index (χ0) is 32.6. The first kappa shape index (κ1) is 33.7. The summed E-state index contributed by atoms with van der Waals surface area (Å²) in [5.41, 5.74) is 4.53. The van der Waals surface area contributed by atoms with Gasteiger partial charge in [-0.2, -0.15) is 0 Å². The lowest BCUT2D eigenvalue weighted by Crippen LogP contribution is -2.53. The zero-order valence-corrected chi connectivity index (χ0v) is 27.7. The van der Waals surface area contributed by atoms with E-state index in [0.29, 0.717) is 22.8 Å². The number of aryl methyl sites for hydroxylation is 3. The van der Waals surface area contributed by atoms with Crippen LogP contribution in [0, 0.1) is 20.8 Å². The van der Waals surface area contributed by atoms with Crippen molar-refractivity contribution in [2.75, 3.05) is 17.4 Å². The van der Waals surface area contributed by atoms with Gasteiger partial charge in [0.25, 0.3) is 10.0 Å². The Kier molecular flexibility index (Phi) is 11.4. The van der Waals surface area contributed by atoms with Crippen molar-refractivity contribution < 1.29 is 18.0 Å². The Morgan fingerprint density at radius 1 is 0.844 bits per heavy atom. The molecule has 0 heterocycles. The van der Waals surface area contributed by atoms with Gasteiger partial charge in [0.15, 0.2) is 0 Å². The molecular formula is C36H40ClN3O4S. The van der Waals surface area contributed by atoms with Gasteiger partial charge in [0.05, 0.1) is 10.6 Å². The molecule has 9 heteroatoms. The standard InChI is InChI=1S/C36H40ClN3O4S/c1-5-21-38-36(42)34(22-29-12-7-6-8-13-29)39(24-30-14-10-9-11-27(30)3)35(41)25-40(33-23-31(37)18-17-28(33)4)45(43,44)32-19-15-26(2)16-20-32/h6-20,23,34H,5,21-22,24-25H2,1-4H3,(H,38,42). The van der Waals surface area contributed by atoms with Gasteiger partial charge in [-0.3, -0.25) is 13.9 Å². The number of rotatable bonds is 13. The number of nitrogens with zero attached hydrogens (tertiary/aromatic N) is 2. The summed E-state index contributed by atoms with van der Waals surface area (Å²) in [6.45, 7) is 7.60. The third-order valence-corrected chi connectivity index (χ3v) is 9.76. The second-order valence-corrected chi connectivity index (χ2v) is 13.5. The Labute approximate surface area is 271 Å². The fourth-order valence-electron chi connectivity index (χ4n) is 5.09. The smallest absolute Gasteiger partial charge is 0.264 e. The molecule has 0 radical (unpaired) electrons. The average Bonchev–Trinajstić information content (AvgIpc) is 3.03. The summed E-state index contributed by atoms with van der Waals surface area (Å²) in [5.74, 6) is -0.810. The summed E-state index contributed by atoms with van der Waals surface area (Å²) < 4.78 is 29.6. The molecule has 4 rings (SSSR count). The van der Waals surface area contributed by atoms with E-state index < -0.39 is 28.5 Å². The highest BCUT2D eigenvalue weighted by Gasteiger charge is 2.35. The van der Waals surface area contributed by atoms with Crippen molar-refractivity contribution in [3.05, 3.63) is 130 Å². The topological polar surface area (TPSA) is 86.8 Å². The summed E-state index contributed by atoms with van der Waals surface area (Å²) in [5, 5.41) is 3.31. The highest BCUT2D eigenvalue weighted by molar-refractivity contribution is 7.92. The first-order valence-corrected chi connectivity index (χ1v) is 16.8. The summed E-state index contributed by atoms with van der Waals surface area (Å²) in [6, 6.07) is 27.7. The maximum atomic E-state index is 14.6. The van der Waals surface area contributed by atoms with Crippen LogP contribution in [-0.2, 0) is 32.6 Å². The van der Waals surface area contributed by atoms with Crippen LogP contribution >= 0.6 is 11.6 Å². The number of anilines is 1. The fourth-order valence-corrected chi connectivity index (χ4v) is 6.73. The van der Waals surface area contributed by atoms with Crippen molar-refractivity contribution >= 4 is 39.1 Å². The van der Waals surface area contributed by atoms with E-state index in [1.807, 2.05) is 75.4 Å². The Morgan fingerprint density at radius 3 is 2.18 bits per heavy atom. The van der Waals surface area contributed by atoms with Gasteiger partial charge in [0, 0.05) is 24.5 Å². The van der Waals surface area contributed by atoms with E-state index in [4.69, 9.17) is 11.6 Å².